The zero-order valence-corrected chi connectivity index (χ0v) is 24.2. The maximum Gasteiger partial charge on any atom is 0.367 e. The first-order chi connectivity index (χ1) is 18.4. The Labute approximate surface area is 229 Å². The van der Waals surface area contributed by atoms with Gasteiger partial charge < -0.3 is 15.2 Å². The van der Waals surface area contributed by atoms with Gasteiger partial charge in [-0.25, -0.2) is 9.78 Å². The Bertz CT molecular complexity index is 1110. The molecule has 1 fully saturated rings. The first-order valence-electron chi connectivity index (χ1n) is 15.0. The Balaban J connectivity index is 0.000000170. The molecule has 1 saturated heterocycles. The summed E-state index contributed by atoms with van der Waals surface area (Å²) in [6.45, 7) is 14.1. The molecule has 1 aromatic heterocycles. The molecule has 6 nitrogen and oxygen atoms in total. The lowest BCUT2D eigenvalue weighted by Crippen LogP contribution is -2.71. The molecule has 1 spiro atoms. The van der Waals surface area contributed by atoms with Crippen molar-refractivity contribution in [2.24, 2.45) is 5.92 Å². The average Bonchev–Trinajstić information content (AvgIpc) is 3.15. The lowest BCUT2D eigenvalue weighted by molar-refractivity contribution is -1.06. The molecule has 0 bridgehead atoms. The van der Waals surface area contributed by atoms with E-state index in [1.165, 1.54) is 55.3 Å². The number of quaternary nitrogens is 1. The van der Waals surface area contributed by atoms with Crippen molar-refractivity contribution in [3.63, 3.8) is 0 Å². The van der Waals surface area contributed by atoms with Crippen LogP contribution in [0.5, 0.6) is 0 Å². The molecule has 1 aromatic carbocycles. The topological polar surface area (TPSA) is 71.5 Å². The van der Waals surface area contributed by atoms with E-state index in [-0.39, 0.29) is 0 Å². The number of nitrogens with one attached hydrogen (secondary N) is 1. The van der Waals surface area contributed by atoms with Gasteiger partial charge in [-0.05, 0) is 49.3 Å². The highest BCUT2D eigenvalue weighted by Crippen LogP contribution is 2.59. The highest BCUT2D eigenvalue weighted by molar-refractivity contribution is 5.76. The SMILES string of the molecule is CC.CC1C[N+]2(C1)C(C(=O)O)c1cccc3c1C2(C)OCC3.CCCCCCc1ccc2c(n1)NCCC2. The fourth-order valence-corrected chi connectivity index (χ4v) is 7.12. The highest BCUT2D eigenvalue weighted by atomic mass is 16.5. The van der Waals surface area contributed by atoms with Crippen molar-refractivity contribution < 1.29 is 19.1 Å². The third kappa shape index (κ3) is 5.10. The van der Waals surface area contributed by atoms with Crippen LogP contribution in [-0.2, 0) is 34.5 Å². The van der Waals surface area contributed by atoms with E-state index < -0.39 is 17.7 Å². The predicted molar refractivity (Wildman–Crippen MR) is 153 cm³/mol. The van der Waals surface area contributed by atoms with Crippen molar-refractivity contribution in [2.75, 3.05) is 31.6 Å². The highest BCUT2D eigenvalue weighted by Gasteiger charge is 2.70. The summed E-state index contributed by atoms with van der Waals surface area (Å²) in [5.41, 5.74) is 5.58. The number of aryl methyl sites for hydroxylation is 2. The van der Waals surface area contributed by atoms with Gasteiger partial charge in [0, 0.05) is 24.7 Å². The van der Waals surface area contributed by atoms with Crippen LogP contribution in [0.1, 0.15) is 101 Å². The first-order valence-corrected chi connectivity index (χ1v) is 15.0. The number of carbonyl (C=O) groups is 1. The van der Waals surface area contributed by atoms with E-state index in [4.69, 9.17) is 9.72 Å². The molecule has 5 heterocycles. The summed E-state index contributed by atoms with van der Waals surface area (Å²) in [5.74, 6) is 0.987. The number of pyridine rings is 1. The Hall–Kier alpha value is -2.44. The van der Waals surface area contributed by atoms with Crippen LogP contribution in [0.15, 0.2) is 30.3 Å². The Morgan fingerprint density at radius 3 is 2.63 bits per heavy atom. The molecular formula is C32H48N3O3+. The Morgan fingerprint density at radius 1 is 1.13 bits per heavy atom. The number of nitrogens with zero attached hydrogens (tertiary/aromatic N) is 2. The van der Waals surface area contributed by atoms with E-state index in [2.05, 4.69) is 44.3 Å². The molecule has 0 radical (unpaired) electrons. The van der Waals surface area contributed by atoms with Gasteiger partial charge in [0.2, 0.25) is 11.8 Å². The lowest BCUT2D eigenvalue weighted by Gasteiger charge is -2.57. The number of aliphatic carboxylic acids is 1. The number of fused-ring (bicyclic) bond motifs is 2. The number of unbranched alkanes of at least 4 members (excludes halogenated alkanes) is 3. The average molecular weight is 523 g/mol. The Kier molecular flexibility index (Phi) is 9.15. The van der Waals surface area contributed by atoms with Crippen LogP contribution < -0.4 is 5.32 Å². The molecule has 4 aliphatic rings. The number of anilines is 1. The number of hydrogen-bond donors (Lipinski definition) is 2. The van der Waals surface area contributed by atoms with Gasteiger partial charge in [0.15, 0.2) is 0 Å². The smallest absolute Gasteiger partial charge is 0.367 e. The predicted octanol–water partition coefficient (Wildman–Crippen LogP) is 6.63. The largest absolute Gasteiger partial charge is 0.477 e. The van der Waals surface area contributed by atoms with E-state index in [1.807, 2.05) is 26.0 Å². The lowest BCUT2D eigenvalue weighted by atomic mass is 9.88. The number of carboxylic acid groups (broad SMARTS) is 1. The van der Waals surface area contributed by atoms with Crippen molar-refractivity contribution in [1.82, 2.24) is 4.98 Å². The van der Waals surface area contributed by atoms with E-state index in [0.717, 1.165) is 49.4 Å². The van der Waals surface area contributed by atoms with Crippen molar-refractivity contribution >= 4 is 11.8 Å². The second kappa shape index (κ2) is 12.2. The zero-order chi connectivity index (χ0) is 27.3. The van der Waals surface area contributed by atoms with Crippen molar-refractivity contribution in [3.05, 3.63) is 58.3 Å². The molecule has 6 heteroatoms. The summed E-state index contributed by atoms with van der Waals surface area (Å²) in [6, 6.07) is 10.1. The minimum absolute atomic E-state index is 0.468. The number of rotatable bonds is 6. The van der Waals surface area contributed by atoms with Crippen LogP contribution in [0, 0.1) is 5.92 Å². The van der Waals surface area contributed by atoms with Gasteiger partial charge in [-0.15, -0.1) is 0 Å². The standard InChI is InChI=1S/C16H19NO3.C14H22N2.C2H6/c1-10-8-17(9-10)14(15(18)19)12-5-3-4-11-6-7-20-16(17,2)13(11)12;1-2-3-4-5-8-13-10-9-12-7-6-11-15-14(12)16-13;1-2/h3-5,10,14H,6-9H2,1-2H3;9-10H,2-8,11H2,1H3,(H,15,16);1-2H3/p+1. The normalized spacial score (nSPS) is 27.9. The van der Waals surface area contributed by atoms with Crippen LogP contribution in [-0.4, -0.2) is 46.8 Å². The van der Waals surface area contributed by atoms with Gasteiger partial charge in [0.1, 0.15) is 5.82 Å². The fraction of sp³-hybridized carbons (Fsp3) is 0.625. The molecular weight excluding hydrogens is 474 g/mol. The van der Waals surface area contributed by atoms with Gasteiger partial charge in [0.05, 0.1) is 31.2 Å². The van der Waals surface area contributed by atoms with Crippen LogP contribution in [0.3, 0.4) is 0 Å². The second-order valence-electron chi connectivity index (χ2n) is 11.4. The van der Waals surface area contributed by atoms with Crippen molar-refractivity contribution in [2.45, 2.75) is 97.8 Å². The third-order valence-electron chi connectivity index (χ3n) is 8.79. The second-order valence-corrected chi connectivity index (χ2v) is 11.4. The molecule has 2 aromatic rings. The minimum atomic E-state index is -0.718. The number of ether oxygens (including phenoxy) is 1. The molecule has 2 unspecified atom stereocenters. The number of benzene rings is 1. The molecule has 2 atom stereocenters. The summed E-state index contributed by atoms with van der Waals surface area (Å²) in [5, 5.41) is 13.2. The molecule has 38 heavy (non-hydrogen) atoms. The number of carboxylic acids is 1. The zero-order valence-electron chi connectivity index (χ0n) is 24.2. The first kappa shape index (κ1) is 28.6. The fourth-order valence-electron chi connectivity index (χ4n) is 7.12. The molecule has 0 amide bonds. The van der Waals surface area contributed by atoms with Crippen molar-refractivity contribution in [3.8, 4) is 0 Å². The van der Waals surface area contributed by atoms with Crippen molar-refractivity contribution in [1.29, 1.82) is 0 Å². The summed E-state index contributed by atoms with van der Waals surface area (Å²) >= 11 is 0. The molecule has 6 rings (SSSR count). The quantitative estimate of drug-likeness (QED) is 0.329. The molecule has 0 aliphatic carbocycles. The summed E-state index contributed by atoms with van der Waals surface area (Å²) in [7, 11) is 0. The summed E-state index contributed by atoms with van der Waals surface area (Å²) in [4.78, 5) is 16.6. The number of aromatic nitrogens is 1. The van der Waals surface area contributed by atoms with E-state index in [0.29, 0.717) is 17.0 Å². The van der Waals surface area contributed by atoms with Gasteiger partial charge in [-0.2, -0.15) is 0 Å². The van der Waals surface area contributed by atoms with E-state index >= 15 is 0 Å². The minimum Gasteiger partial charge on any atom is -0.477 e. The summed E-state index contributed by atoms with van der Waals surface area (Å²) in [6.07, 6.45) is 9.72. The van der Waals surface area contributed by atoms with Crippen LogP contribution in [0.2, 0.25) is 0 Å². The molecule has 208 valence electrons. The number of hydrogen-bond acceptors (Lipinski definition) is 4. The maximum absolute atomic E-state index is 11.9. The van der Waals surface area contributed by atoms with Crippen LogP contribution in [0.25, 0.3) is 0 Å². The van der Waals surface area contributed by atoms with E-state index in [9.17, 15) is 9.90 Å². The maximum atomic E-state index is 11.9. The van der Waals surface area contributed by atoms with Gasteiger partial charge in [-0.1, -0.05) is 71.2 Å². The van der Waals surface area contributed by atoms with Crippen LogP contribution in [0.4, 0.5) is 5.82 Å². The molecule has 2 N–H and O–H groups in total. The monoisotopic (exact) mass is 522 g/mol. The third-order valence-corrected chi connectivity index (χ3v) is 8.79. The van der Waals surface area contributed by atoms with Crippen LogP contribution >= 0.6 is 0 Å². The van der Waals surface area contributed by atoms with Gasteiger partial charge in [0.25, 0.3) is 0 Å². The Morgan fingerprint density at radius 2 is 1.92 bits per heavy atom. The van der Waals surface area contributed by atoms with E-state index in [1.54, 1.807) is 0 Å². The van der Waals surface area contributed by atoms with Gasteiger partial charge in [-0.3, -0.25) is 4.48 Å². The van der Waals surface area contributed by atoms with Gasteiger partial charge >= 0.3 is 5.97 Å². The molecule has 4 aliphatic heterocycles. The summed E-state index contributed by atoms with van der Waals surface area (Å²) < 4.78 is 6.74. The molecule has 0 saturated carbocycles.